The van der Waals surface area contributed by atoms with Crippen LogP contribution in [0.25, 0.3) is 0 Å². The molecule has 4 rings (SSSR count). The lowest BCUT2D eigenvalue weighted by molar-refractivity contribution is -0.129. The van der Waals surface area contributed by atoms with Gasteiger partial charge in [0.1, 0.15) is 17.2 Å². The van der Waals surface area contributed by atoms with Crippen molar-refractivity contribution in [1.82, 2.24) is 15.1 Å². The largest absolute Gasteiger partial charge is 0.343 e. The summed E-state index contributed by atoms with van der Waals surface area (Å²) < 4.78 is 27.4. The minimum atomic E-state index is -0.940. The van der Waals surface area contributed by atoms with E-state index in [1.54, 1.807) is 4.90 Å². The van der Waals surface area contributed by atoms with Gasteiger partial charge in [-0.2, -0.15) is 0 Å². The summed E-state index contributed by atoms with van der Waals surface area (Å²) >= 11 is 0. The molecular weight excluding hydrogens is 400 g/mol. The Morgan fingerprint density at radius 2 is 1.58 bits per heavy atom. The Bertz CT molecular complexity index is 909. The third-order valence-electron chi connectivity index (χ3n) is 6.42. The van der Waals surface area contributed by atoms with E-state index < -0.39 is 23.1 Å². The molecule has 1 atom stereocenters. The van der Waals surface area contributed by atoms with E-state index in [0.29, 0.717) is 25.0 Å². The molecule has 31 heavy (non-hydrogen) atoms. The van der Waals surface area contributed by atoms with Crippen molar-refractivity contribution in [1.29, 1.82) is 0 Å². The quantitative estimate of drug-likeness (QED) is 0.798. The van der Waals surface area contributed by atoms with Crippen LogP contribution in [0, 0.1) is 11.6 Å². The number of nitrogens with one attached hydrogen (secondary N) is 1. The maximum absolute atomic E-state index is 13.7. The highest BCUT2D eigenvalue weighted by Crippen LogP contribution is 2.30. The van der Waals surface area contributed by atoms with Crippen LogP contribution in [0.5, 0.6) is 0 Å². The molecule has 2 aliphatic heterocycles. The first-order valence-corrected chi connectivity index (χ1v) is 10.8. The molecule has 2 saturated heterocycles. The topological polar surface area (TPSA) is 52.7 Å². The summed E-state index contributed by atoms with van der Waals surface area (Å²) in [5.41, 5.74) is 0.739. The zero-order chi connectivity index (χ0) is 21.8. The SMILES string of the molecule is O=C(NCC(=O)N1CCC(N2CCC(c3ccccc3)CC2)C1)c1c(F)cccc1F. The minimum absolute atomic E-state index is 0.230. The highest BCUT2D eigenvalue weighted by atomic mass is 19.1. The average Bonchev–Trinajstić information content (AvgIpc) is 3.28. The van der Waals surface area contributed by atoms with E-state index in [1.165, 1.54) is 11.6 Å². The van der Waals surface area contributed by atoms with Crippen LogP contribution in [-0.2, 0) is 4.79 Å². The predicted molar refractivity (Wildman–Crippen MR) is 114 cm³/mol. The number of rotatable bonds is 5. The molecule has 2 heterocycles. The number of benzene rings is 2. The molecule has 0 saturated carbocycles. The Kier molecular flexibility index (Phi) is 6.61. The standard InChI is InChI=1S/C24H27F2N3O2/c25-20-7-4-8-21(26)23(20)24(31)27-15-22(30)29-14-11-19(16-29)28-12-9-18(10-13-28)17-5-2-1-3-6-17/h1-8,18-19H,9-16H2,(H,27,31). The molecule has 2 aromatic rings. The lowest BCUT2D eigenvalue weighted by Crippen LogP contribution is -2.44. The Balaban J connectivity index is 1.24. The molecular formula is C24H27F2N3O2. The third kappa shape index (κ3) is 4.93. The molecule has 2 amide bonds. The zero-order valence-electron chi connectivity index (χ0n) is 17.4. The van der Waals surface area contributed by atoms with Crippen LogP contribution in [0.2, 0.25) is 0 Å². The fraction of sp³-hybridized carbons (Fsp3) is 0.417. The van der Waals surface area contributed by atoms with E-state index in [1.807, 2.05) is 6.07 Å². The summed E-state index contributed by atoms with van der Waals surface area (Å²) in [7, 11) is 0. The lowest BCUT2D eigenvalue weighted by atomic mass is 9.89. The fourth-order valence-corrected chi connectivity index (χ4v) is 4.66. The van der Waals surface area contributed by atoms with Crippen LogP contribution in [0.4, 0.5) is 8.78 Å². The van der Waals surface area contributed by atoms with Crippen LogP contribution in [-0.4, -0.2) is 60.4 Å². The first-order valence-electron chi connectivity index (χ1n) is 10.8. The summed E-state index contributed by atoms with van der Waals surface area (Å²) in [4.78, 5) is 28.8. The van der Waals surface area contributed by atoms with Gasteiger partial charge in [0.2, 0.25) is 5.91 Å². The molecule has 0 radical (unpaired) electrons. The van der Waals surface area contributed by atoms with Gasteiger partial charge in [0.15, 0.2) is 0 Å². The normalized spacial score (nSPS) is 20.1. The van der Waals surface area contributed by atoms with Gasteiger partial charge in [0.05, 0.1) is 6.54 Å². The number of nitrogens with zero attached hydrogens (tertiary/aromatic N) is 2. The summed E-state index contributed by atoms with van der Waals surface area (Å²) in [5, 5.41) is 2.35. The minimum Gasteiger partial charge on any atom is -0.343 e. The number of piperidine rings is 1. The molecule has 2 aromatic carbocycles. The number of carbonyl (C=O) groups is 2. The van der Waals surface area contributed by atoms with Crippen LogP contribution >= 0.6 is 0 Å². The number of carbonyl (C=O) groups excluding carboxylic acids is 2. The maximum Gasteiger partial charge on any atom is 0.257 e. The van der Waals surface area contributed by atoms with Crippen LogP contribution in [0.1, 0.15) is 41.1 Å². The molecule has 0 aliphatic carbocycles. The van der Waals surface area contributed by atoms with Gasteiger partial charge in [-0.3, -0.25) is 14.5 Å². The van der Waals surface area contributed by atoms with Crippen LogP contribution < -0.4 is 5.32 Å². The molecule has 2 fully saturated rings. The van der Waals surface area contributed by atoms with Crippen LogP contribution in [0.15, 0.2) is 48.5 Å². The summed E-state index contributed by atoms with van der Waals surface area (Å²) in [6.45, 7) is 3.01. The second kappa shape index (κ2) is 9.56. The molecule has 7 heteroatoms. The Hall–Kier alpha value is -2.80. The molecule has 164 valence electrons. The third-order valence-corrected chi connectivity index (χ3v) is 6.42. The van der Waals surface area contributed by atoms with E-state index in [-0.39, 0.29) is 12.5 Å². The second-order valence-corrected chi connectivity index (χ2v) is 8.28. The number of halogens is 2. The highest BCUT2D eigenvalue weighted by Gasteiger charge is 2.33. The molecule has 0 bridgehead atoms. The number of hydrogen-bond acceptors (Lipinski definition) is 3. The maximum atomic E-state index is 13.7. The molecule has 1 N–H and O–H groups in total. The smallest absolute Gasteiger partial charge is 0.257 e. The van der Waals surface area contributed by atoms with Gasteiger partial charge in [-0.05, 0) is 56.0 Å². The Morgan fingerprint density at radius 3 is 2.26 bits per heavy atom. The van der Waals surface area contributed by atoms with Crippen molar-refractivity contribution < 1.29 is 18.4 Å². The average molecular weight is 427 g/mol. The molecule has 1 unspecified atom stereocenters. The van der Waals surface area contributed by atoms with Gasteiger partial charge in [0.25, 0.3) is 5.91 Å². The molecule has 0 spiro atoms. The summed E-state index contributed by atoms with van der Waals surface area (Å²) in [6.07, 6.45) is 3.12. The predicted octanol–water partition coefficient (Wildman–Crippen LogP) is 3.18. The van der Waals surface area contributed by atoms with Gasteiger partial charge in [-0.25, -0.2) is 8.78 Å². The van der Waals surface area contributed by atoms with Gasteiger partial charge in [-0.1, -0.05) is 36.4 Å². The second-order valence-electron chi connectivity index (χ2n) is 8.28. The van der Waals surface area contributed by atoms with Crippen molar-refractivity contribution in [2.75, 3.05) is 32.7 Å². The number of amides is 2. The van der Waals surface area contributed by atoms with Gasteiger partial charge in [0, 0.05) is 19.1 Å². The summed E-state index contributed by atoms with van der Waals surface area (Å²) in [6, 6.07) is 14.1. The van der Waals surface area contributed by atoms with Crippen molar-refractivity contribution in [3.63, 3.8) is 0 Å². The van der Waals surface area contributed by atoms with Crippen LogP contribution in [0.3, 0.4) is 0 Å². The van der Waals surface area contributed by atoms with E-state index in [2.05, 4.69) is 34.5 Å². The number of hydrogen-bond donors (Lipinski definition) is 1. The van der Waals surface area contributed by atoms with E-state index in [4.69, 9.17) is 0 Å². The molecule has 2 aliphatic rings. The van der Waals surface area contributed by atoms with E-state index in [9.17, 15) is 18.4 Å². The first-order chi connectivity index (χ1) is 15.0. The zero-order valence-corrected chi connectivity index (χ0v) is 17.4. The van der Waals surface area contributed by atoms with Crippen molar-refractivity contribution in [3.8, 4) is 0 Å². The van der Waals surface area contributed by atoms with Crippen molar-refractivity contribution in [3.05, 3.63) is 71.3 Å². The highest BCUT2D eigenvalue weighted by molar-refractivity contribution is 5.96. The Morgan fingerprint density at radius 1 is 0.903 bits per heavy atom. The molecule has 5 nitrogen and oxygen atoms in total. The van der Waals surface area contributed by atoms with Gasteiger partial charge < -0.3 is 10.2 Å². The van der Waals surface area contributed by atoms with E-state index in [0.717, 1.165) is 44.5 Å². The van der Waals surface area contributed by atoms with Gasteiger partial charge >= 0.3 is 0 Å². The fourth-order valence-electron chi connectivity index (χ4n) is 4.66. The van der Waals surface area contributed by atoms with E-state index >= 15 is 0 Å². The molecule has 0 aromatic heterocycles. The number of likely N-dealkylation sites (tertiary alicyclic amines) is 2. The van der Waals surface area contributed by atoms with Crippen molar-refractivity contribution >= 4 is 11.8 Å². The lowest BCUT2D eigenvalue weighted by Gasteiger charge is -2.36. The summed E-state index contributed by atoms with van der Waals surface area (Å²) in [5.74, 6) is -2.43. The van der Waals surface area contributed by atoms with Gasteiger partial charge in [-0.15, -0.1) is 0 Å². The Labute approximate surface area is 181 Å². The van der Waals surface area contributed by atoms with Crippen molar-refractivity contribution in [2.24, 2.45) is 0 Å². The van der Waals surface area contributed by atoms with Crippen molar-refractivity contribution in [2.45, 2.75) is 31.2 Å². The monoisotopic (exact) mass is 427 g/mol. The first kappa shape index (κ1) is 21.4.